The summed E-state index contributed by atoms with van der Waals surface area (Å²) in [6, 6.07) is 18.1. The molecular weight excluding hydrogens is 539 g/mol. The second-order valence-electron chi connectivity index (χ2n) is 8.74. The SMILES string of the molecule is Cc1noc(C)c1NC(=O)c1cn(Cc2ccc(Cl)cc2)c(Nc2ccc(Oc3cccc(F)n3)cc2)nc1=O. The average molecular weight is 561 g/mol. The van der Waals surface area contributed by atoms with Crippen LogP contribution < -0.4 is 20.9 Å². The highest BCUT2D eigenvalue weighted by Crippen LogP contribution is 2.24. The van der Waals surface area contributed by atoms with Gasteiger partial charge >= 0.3 is 0 Å². The van der Waals surface area contributed by atoms with Crippen LogP contribution in [-0.4, -0.2) is 25.6 Å². The largest absolute Gasteiger partial charge is 0.439 e. The van der Waals surface area contributed by atoms with Gasteiger partial charge in [-0.2, -0.15) is 14.4 Å². The molecule has 0 aliphatic heterocycles. The molecule has 2 aromatic carbocycles. The topological polar surface area (TPSA) is 124 Å². The monoisotopic (exact) mass is 560 g/mol. The highest BCUT2D eigenvalue weighted by atomic mass is 35.5. The van der Waals surface area contributed by atoms with E-state index in [0.29, 0.717) is 33.6 Å². The van der Waals surface area contributed by atoms with E-state index in [1.54, 1.807) is 54.8 Å². The summed E-state index contributed by atoms with van der Waals surface area (Å²) < 4.78 is 25.7. The molecule has 0 radical (unpaired) electrons. The molecule has 0 aliphatic rings. The quantitative estimate of drug-likeness (QED) is 0.226. The summed E-state index contributed by atoms with van der Waals surface area (Å²) >= 11 is 6.03. The fourth-order valence-corrected chi connectivity index (χ4v) is 3.93. The number of halogens is 2. The van der Waals surface area contributed by atoms with Gasteiger partial charge in [-0.05, 0) is 61.9 Å². The van der Waals surface area contributed by atoms with Crippen molar-refractivity contribution >= 4 is 34.8 Å². The fourth-order valence-electron chi connectivity index (χ4n) is 3.80. The van der Waals surface area contributed by atoms with E-state index in [1.165, 1.54) is 24.4 Å². The third-order valence-electron chi connectivity index (χ3n) is 5.80. The molecule has 12 heteroatoms. The Bertz CT molecular complexity index is 1720. The van der Waals surface area contributed by atoms with Gasteiger partial charge in [0.15, 0.2) is 5.76 Å². The lowest BCUT2D eigenvalue weighted by Gasteiger charge is -2.16. The first kappa shape index (κ1) is 26.6. The van der Waals surface area contributed by atoms with Crippen LogP contribution in [0.2, 0.25) is 5.02 Å². The lowest BCUT2D eigenvalue weighted by molar-refractivity contribution is 0.102. The van der Waals surface area contributed by atoms with E-state index < -0.39 is 17.4 Å². The van der Waals surface area contributed by atoms with E-state index in [-0.39, 0.29) is 23.9 Å². The van der Waals surface area contributed by atoms with Gasteiger partial charge in [0.25, 0.3) is 11.5 Å². The van der Waals surface area contributed by atoms with Gasteiger partial charge in [0.1, 0.15) is 22.7 Å². The number of aryl methyl sites for hydroxylation is 2. The van der Waals surface area contributed by atoms with Crippen LogP contribution in [0.4, 0.5) is 21.7 Å². The van der Waals surface area contributed by atoms with Crippen molar-refractivity contribution in [2.75, 3.05) is 10.6 Å². The molecule has 0 aliphatic carbocycles. The van der Waals surface area contributed by atoms with E-state index in [2.05, 4.69) is 25.8 Å². The molecule has 0 atom stereocenters. The summed E-state index contributed by atoms with van der Waals surface area (Å²) in [6.07, 6.45) is 1.44. The van der Waals surface area contributed by atoms with Crippen LogP contribution in [0, 0.1) is 19.8 Å². The lowest BCUT2D eigenvalue weighted by Crippen LogP contribution is -2.27. The van der Waals surface area contributed by atoms with Gasteiger partial charge in [0, 0.05) is 23.0 Å². The van der Waals surface area contributed by atoms with E-state index in [1.807, 2.05) is 12.1 Å². The molecule has 5 rings (SSSR count). The zero-order valence-electron chi connectivity index (χ0n) is 21.3. The number of rotatable bonds is 8. The number of carbonyl (C=O) groups excluding carboxylic acids is 1. The fraction of sp³-hybridized carbons (Fsp3) is 0.107. The maximum absolute atomic E-state index is 13.4. The van der Waals surface area contributed by atoms with Gasteiger partial charge < -0.3 is 24.5 Å². The summed E-state index contributed by atoms with van der Waals surface area (Å²) in [5.74, 6) is -0.125. The number of nitrogens with zero attached hydrogens (tertiary/aromatic N) is 4. The Morgan fingerprint density at radius 2 is 1.80 bits per heavy atom. The molecule has 40 heavy (non-hydrogen) atoms. The van der Waals surface area contributed by atoms with Gasteiger partial charge in [0.05, 0.1) is 6.54 Å². The number of hydrogen-bond donors (Lipinski definition) is 2. The van der Waals surface area contributed by atoms with Gasteiger partial charge in [-0.1, -0.05) is 35.0 Å². The van der Waals surface area contributed by atoms with Crippen LogP contribution in [0.25, 0.3) is 0 Å². The minimum Gasteiger partial charge on any atom is -0.439 e. The van der Waals surface area contributed by atoms with Crippen molar-refractivity contribution in [3.05, 3.63) is 117 Å². The normalized spacial score (nSPS) is 10.8. The number of pyridine rings is 1. The van der Waals surface area contributed by atoms with Crippen molar-refractivity contribution in [1.29, 1.82) is 0 Å². The molecule has 2 N–H and O–H groups in total. The van der Waals surface area contributed by atoms with Crippen LogP contribution in [0.15, 0.2) is 82.2 Å². The van der Waals surface area contributed by atoms with Gasteiger partial charge in [-0.25, -0.2) is 0 Å². The molecule has 0 saturated heterocycles. The van der Waals surface area contributed by atoms with E-state index in [9.17, 15) is 14.0 Å². The molecule has 202 valence electrons. The van der Waals surface area contributed by atoms with Crippen molar-refractivity contribution in [2.45, 2.75) is 20.4 Å². The van der Waals surface area contributed by atoms with Crippen LogP contribution in [0.5, 0.6) is 11.6 Å². The first-order valence-electron chi connectivity index (χ1n) is 12.0. The molecule has 3 aromatic heterocycles. The molecule has 3 heterocycles. The Balaban J connectivity index is 1.43. The molecule has 0 saturated carbocycles. The van der Waals surface area contributed by atoms with Crippen molar-refractivity contribution in [3.63, 3.8) is 0 Å². The van der Waals surface area contributed by atoms with Gasteiger partial charge in [-0.3, -0.25) is 9.59 Å². The first-order valence-corrected chi connectivity index (χ1v) is 12.4. The Hall–Kier alpha value is -5.03. The zero-order valence-corrected chi connectivity index (χ0v) is 22.1. The van der Waals surface area contributed by atoms with Gasteiger partial charge in [0.2, 0.25) is 17.8 Å². The van der Waals surface area contributed by atoms with Crippen LogP contribution in [0.3, 0.4) is 0 Å². The molecule has 0 spiro atoms. The third kappa shape index (κ3) is 6.16. The molecule has 0 fully saturated rings. The van der Waals surface area contributed by atoms with Crippen molar-refractivity contribution in [1.82, 2.24) is 19.7 Å². The predicted octanol–water partition coefficient (Wildman–Crippen LogP) is 5.87. The summed E-state index contributed by atoms with van der Waals surface area (Å²) in [5, 5.41) is 10.2. The summed E-state index contributed by atoms with van der Waals surface area (Å²) in [7, 11) is 0. The van der Waals surface area contributed by atoms with Gasteiger partial charge in [-0.15, -0.1) is 0 Å². The van der Waals surface area contributed by atoms with E-state index >= 15 is 0 Å². The lowest BCUT2D eigenvalue weighted by atomic mass is 10.2. The summed E-state index contributed by atoms with van der Waals surface area (Å²) in [5.41, 5.74) is 1.44. The van der Waals surface area contributed by atoms with Crippen molar-refractivity contribution < 1.29 is 18.4 Å². The molecule has 10 nitrogen and oxygen atoms in total. The minimum absolute atomic E-state index is 0.115. The predicted molar refractivity (Wildman–Crippen MR) is 147 cm³/mol. The van der Waals surface area contributed by atoms with E-state index in [4.69, 9.17) is 20.9 Å². The first-order chi connectivity index (χ1) is 19.2. The maximum Gasteiger partial charge on any atom is 0.287 e. The molecule has 0 unspecified atom stereocenters. The molecule has 1 amide bonds. The van der Waals surface area contributed by atoms with E-state index in [0.717, 1.165) is 5.56 Å². The number of aromatic nitrogens is 4. The smallest absolute Gasteiger partial charge is 0.287 e. The standard InChI is InChI=1S/C28H22ClFN6O4/c1-16-25(17(2)40-35-16)33-26(37)22-15-36(14-18-6-8-19(29)9-7-18)28(34-27(22)38)31-20-10-12-21(13-11-20)39-24-5-3-4-23(30)32-24/h3-13,15H,14H2,1-2H3,(H,33,37)(H,31,34,38). The second kappa shape index (κ2) is 11.4. The number of nitrogens with one attached hydrogen (secondary N) is 2. The molecule has 5 aromatic rings. The number of anilines is 3. The Morgan fingerprint density at radius 1 is 1.05 bits per heavy atom. The number of hydrogen-bond acceptors (Lipinski definition) is 8. The Morgan fingerprint density at radius 3 is 2.48 bits per heavy atom. The summed E-state index contributed by atoms with van der Waals surface area (Å²) in [6.45, 7) is 3.62. The number of carbonyl (C=O) groups is 1. The van der Waals surface area contributed by atoms with Crippen molar-refractivity contribution in [3.8, 4) is 11.6 Å². The van der Waals surface area contributed by atoms with Crippen molar-refractivity contribution in [2.24, 2.45) is 0 Å². The molecular formula is C28H22ClFN6O4. The molecule has 0 bridgehead atoms. The van der Waals surface area contributed by atoms with Crippen LogP contribution in [-0.2, 0) is 6.54 Å². The number of benzene rings is 2. The number of amides is 1. The van der Waals surface area contributed by atoms with Crippen LogP contribution >= 0.6 is 11.6 Å². The second-order valence-corrected chi connectivity index (χ2v) is 9.18. The Kier molecular flexibility index (Phi) is 7.56. The van der Waals surface area contributed by atoms with Crippen LogP contribution in [0.1, 0.15) is 27.4 Å². The highest BCUT2D eigenvalue weighted by Gasteiger charge is 2.19. The highest BCUT2D eigenvalue weighted by molar-refractivity contribution is 6.30. The Labute approximate surface area is 232 Å². The average Bonchev–Trinajstić information content (AvgIpc) is 3.24. The zero-order chi connectivity index (χ0) is 28.2. The minimum atomic E-state index is -0.726. The number of ether oxygens (including phenoxy) is 1. The third-order valence-corrected chi connectivity index (χ3v) is 6.05. The maximum atomic E-state index is 13.4. The summed E-state index contributed by atoms with van der Waals surface area (Å²) in [4.78, 5) is 33.9.